The van der Waals surface area contributed by atoms with Crippen molar-refractivity contribution in [1.82, 2.24) is 14.3 Å². The van der Waals surface area contributed by atoms with Crippen LogP contribution in [0.25, 0.3) is 0 Å². The number of benzene rings is 1. The molecule has 0 saturated carbocycles. The zero-order chi connectivity index (χ0) is 22.0. The van der Waals surface area contributed by atoms with E-state index in [0.717, 1.165) is 30.7 Å². The molecule has 0 spiro atoms. The van der Waals surface area contributed by atoms with Crippen LogP contribution in [0.5, 0.6) is 5.75 Å². The molecule has 2 saturated heterocycles. The summed E-state index contributed by atoms with van der Waals surface area (Å²) in [4.78, 5) is 13.3. The summed E-state index contributed by atoms with van der Waals surface area (Å²) in [6, 6.07) is 5.45. The lowest BCUT2D eigenvalue weighted by atomic mass is 10.3. The van der Waals surface area contributed by atoms with Gasteiger partial charge >= 0.3 is 0 Å². The Labute approximate surface area is 181 Å². The van der Waals surface area contributed by atoms with Crippen LogP contribution in [-0.4, -0.2) is 82.3 Å². The fraction of sp³-hybridized carbons (Fsp3) is 0.500. The van der Waals surface area contributed by atoms with Crippen LogP contribution >= 0.6 is 0 Å². The number of halogens is 1. The second-order valence-corrected chi connectivity index (χ2v) is 9.36. The number of morpholine rings is 1. The normalized spacial score (nSPS) is 18.3. The lowest BCUT2D eigenvalue weighted by molar-refractivity contribution is 0.122. The van der Waals surface area contributed by atoms with Gasteiger partial charge in [-0.05, 0) is 25.1 Å². The molecule has 2 aliphatic rings. The van der Waals surface area contributed by atoms with Crippen molar-refractivity contribution in [3.63, 3.8) is 0 Å². The van der Waals surface area contributed by atoms with E-state index < -0.39 is 15.8 Å². The van der Waals surface area contributed by atoms with E-state index in [1.165, 1.54) is 23.5 Å². The summed E-state index contributed by atoms with van der Waals surface area (Å²) in [5, 5.41) is 0. The third-order valence-electron chi connectivity index (χ3n) is 5.43. The Kier molecular flexibility index (Phi) is 6.26. The molecular formula is C20H26FN5O4S. The molecule has 9 nitrogen and oxygen atoms in total. The molecule has 4 rings (SSSR count). The molecule has 1 aromatic heterocycles. The van der Waals surface area contributed by atoms with Crippen molar-refractivity contribution in [2.24, 2.45) is 0 Å². The van der Waals surface area contributed by atoms with Crippen molar-refractivity contribution in [2.45, 2.75) is 11.8 Å². The molecule has 0 N–H and O–H groups in total. The SMILES string of the molecule is COc1ccc(F)cc1S(=O)(=O)N1CCN(c2nc(C)cc(N3CCOCC3)n2)CC1. The molecule has 0 unspecified atom stereocenters. The highest BCUT2D eigenvalue weighted by Gasteiger charge is 2.32. The van der Waals surface area contributed by atoms with Gasteiger partial charge in [-0.2, -0.15) is 9.29 Å². The quantitative estimate of drug-likeness (QED) is 0.672. The second-order valence-electron chi connectivity index (χ2n) is 7.45. The number of ether oxygens (including phenoxy) is 2. The summed E-state index contributed by atoms with van der Waals surface area (Å²) in [5.41, 5.74) is 0.853. The first kappa shape index (κ1) is 21.7. The number of nitrogens with zero attached hydrogens (tertiary/aromatic N) is 5. The summed E-state index contributed by atoms with van der Waals surface area (Å²) in [6.45, 7) is 6.15. The zero-order valence-corrected chi connectivity index (χ0v) is 18.4. The number of rotatable bonds is 5. The lowest BCUT2D eigenvalue weighted by Gasteiger charge is -2.35. The zero-order valence-electron chi connectivity index (χ0n) is 17.6. The standard InChI is InChI=1S/C20H26FN5O4S/c1-15-13-19(24-9-11-30-12-10-24)23-20(22-15)25-5-7-26(8-6-25)31(27,28)18-14-16(21)3-4-17(18)29-2/h3-4,13-14H,5-12H2,1-2H3. The highest BCUT2D eigenvalue weighted by molar-refractivity contribution is 7.89. The van der Waals surface area contributed by atoms with Crippen molar-refractivity contribution < 1.29 is 22.3 Å². The van der Waals surface area contributed by atoms with Crippen LogP contribution in [-0.2, 0) is 14.8 Å². The van der Waals surface area contributed by atoms with Gasteiger partial charge in [0.15, 0.2) is 0 Å². The van der Waals surface area contributed by atoms with Crippen LogP contribution in [0.4, 0.5) is 16.2 Å². The predicted octanol–water partition coefficient (Wildman–Crippen LogP) is 1.28. The van der Waals surface area contributed by atoms with E-state index in [1.807, 2.05) is 17.9 Å². The molecule has 2 aromatic rings. The molecule has 2 fully saturated rings. The average Bonchev–Trinajstić information content (AvgIpc) is 2.79. The number of methoxy groups -OCH3 is 1. The maximum Gasteiger partial charge on any atom is 0.246 e. The van der Waals surface area contributed by atoms with Crippen molar-refractivity contribution in [3.05, 3.63) is 35.8 Å². The number of piperazine rings is 1. The topological polar surface area (TPSA) is 88.1 Å². The molecule has 0 bridgehead atoms. The number of aromatic nitrogens is 2. The molecule has 2 aliphatic heterocycles. The van der Waals surface area contributed by atoms with Crippen molar-refractivity contribution in [1.29, 1.82) is 0 Å². The van der Waals surface area contributed by atoms with Crippen LogP contribution in [0.3, 0.4) is 0 Å². The van der Waals surface area contributed by atoms with Crippen molar-refractivity contribution in [3.8, 4) is 5.75 Å². The van der Waals surface area contributed by atoms with E-state index in [2.05, 4.69) is 9.88 Å². The third-order valence-corrected chi connectivity index (χ3v) is 7.35. The number of hydrogen-bond acceptors (Lipinski definition) is 8. The molecule has 1 aromatic carbocycles. The predicted molar refractivity (Wildman–Crippen MR) is 114 cm³/mol. The summed E-state index contributed by atoms with van der Waals surface area (Å²) in [7, 11) is -2.52. The van der Waals surface area contributed by atoms with Gasteiger partial charge in [-0.25, -0.2) is 17.8 Å². The van der Waals surface area contributed by atoms with Gasteiger partial charge in [0.25, 0.3) is 0 Å². The largest absolute Gasteiger partial charge is 0.495 e. The molecule has 0 amide bonds. The van der Waals surface area contributed by atoms with Gasteiger partial charge in [-0.1, -0.05) is 0 Å². The first-order chi connectivity index (χ1) is 14.9. The summed E-state index contributed by atoms with van der Waals surface area (Å²) >= 11 is 0. The maximum atomic E-state index is 13.7. The smallest absolute Gasteiger partial charge is 0.246 e. The highest BCUT2D eigenvalue weighted by Crippen LogP contribution is 2.29. The van der Waals surface area contributed by atoms with E-state index in [9.17, 15) is 12.8 Å². The van der Waals surface area contributed by atoms with Crippen LogP contribution in [0.1, 0.15) is 5.69 Å². The molecule has 3 heterocycles. The van der Waals surface area contributed by atoms with Crippen molar-refractivity contribution >= 4 is 21.8 Å². The van der Waals surface area contributed by atoms with E-state index in [4.69, 9.17) is 14.5 Å². The average molecular weight is 452 g/mol. The van der Waals surface area contributed by atoms with Gasteiger partial charge in [0.05, 0.1) is 20.3 Å². The van der Waals surface area contributed by atoms with E-state index in [0.29, 0.717) is 32.3 Å². The van der Waals surface area contributed by atoms with Crippen LogP contribution in [0, 0.1) is 12.7 Å². The van der Waals surface area contributed by atoms with Crippen LogP contribution in [0.15, 0.2) is 29.2 Å². The monoisotopic (exact) mass is 451 g/mol. The Morgan fingerprint density at radius 2 is 1.71 bits per heavy atom. The summed E-state index contributed by atoms with van der Waals surface area (Å²) < 4.78 is 51.8. The van der Waals surface area contributed by atoms with Gasteiger partial charge in [0.2, 0.25) is 16.0 Å². The number of sulfonamides is 1. The lowest BCUT2D eigenvalue weighted by Crippen LogP contribution is -2.49. The Hall–Kier alpha value is -2.50. The molecular weight excluding hydrogens is 425 g/mol. The fourth-order valence-corrected chi connectivity index (χ4v) is 5.34. The van der Waals surface area contributed by atoms with Gasteiger partial charge in [-0.15, -0.1) is 0 Å². The molecule has 0 atom stereocenters. The number of anilines is 2. The van der Waals surface area contributed by atoms with E-state index in [-0.39, 0.29) is 23.7 Å². The molecule has 168 valence electrons. The minimum Gasteiger partial charge on any atom is -0.495 e. The first-order valence-electron chi connectivity index (χ1n) is 10.2. The Bertz CT molecular complexity index is 1040. The highest BCUT2D eigenvalue weighted by atomic mass is 32.2. The molecule has 11 heteroatoms. The van der Waals surface area contributed by atoms with Crippen LogP contribution < -0.4 is 14.5 Å². The maximum absolute atomic E-state index is 13.7. The third kappa shape index (κ3) is 4.58. The Morgan fingerprint density at radius 3 is 2.39 bits per heavy atom. The number of aryl methyl sites for hydroxylation is 1. The summed E-state index contributed by atoms with van der Waals surface area (Å²) in [6.07, 6.45) is 0. The number of hydrogen-bond donors (Lipinski definition) is 0. The van der Waals surface area contributed by atoms with Gasteiger partial charge in [-0.3, -0.25) is 0 Å². The fourth-order valence-electron chi connectivity index (χ4n) is 3.75. The Morgan fingerprint density at radius 1 is 1.00 bits per heavy atom. The molecule has 31 heavy (non-hydrogen) atoms. The first-order valence-corrected chi connectivity index (χ1v) is 11.6. The van der Waals surface area contributed by atoms with Gasteiger partial charge in [0, 0.05) is 51.0 Å². The molecule has 0 aliphatic carbocycles. The Balaban J connectivity index is 1.50. The minimum absolute atomic E-state index is 0.126. The molecule has 0 radical (unpaired) electrons. The van der Waals surface area contributed by atoms with Crippen molar-refractivity contribution in [2.75, 3.05) is 69.4 Å². The second kappa shape index (κ2) is 8.93. The van der Waals surface area contributed by atoms with E-state index in [1.54, 1.807) is 0 Å². The summed E-state index contributed by atoms with van der Waals surface area (Å²) in [5.74, 6) is 0.940. The van der Waals surface area contributed by atoms with Gasteiger partial charge in [0.1, 0.15) is 22.3 Å². The van der Waals surface area contributed by atoms with Crippen LogP contribution in [0.2, 0.25) is 0 Å². The van der Waals surface area contributed by atoms with E-state index >= 15 is 0 Å². The van der Waals surface area contributed by atoms with Gasteiger partial charge < -0.3 is 19.3 Å². The minimum atomic E-state index is -3.89.